The van der Waals surface area contributed by atoms with Gasteiger partial charge >= 0.3 is 16.3 Å². The summed E-state index contributed by atoms with van der Waals surface area (Å²) >= 11 is 0. The lowest BCUT2D eigenvalue weighted by Crippen LogP contribution is -2.59. The predicted molar refractivity (Wildman–Crippen MR) is 169 cm³/mol. The van der Waals surface area contributed by atoms with Gasteiger partial charge in [-0.15, -0.1) is 0 Å². The molecule has 1 aromatic rings. The molecule has 1 saturated heterocycles. The Balaban J connectivity index is 1.50. The zero-order valence-corrected chi connectivity index (χ0v) is 27.5. The van der Waals surface area contributed by atoms with Gasteiger partial charge in [-0.2, -0.15) is 12.7 Å². The van der Waals surface area contributed by atoms with E-state index in [4.69, 9.17) is 4.74 Å². The number of benzene rings is 1. The van der Waals surface area contributed by atoms with E-state index in [9.17, 15) is 27.6 Å². The van der Waals surface area contributed by atoms with Crippen LogP contribution in [0.5, 0.6) is 0 Å². The van der Waals surface area contributed by atoms with Gasteiger partial charge in [-0.1, -0.05) is 55.3 Å². The summed E-state index contributed by atoms with van der Waals surface area (Å²) in [5, 5.41) is 5.55. The van der Waals surface area contributed by atoms with Crippen molar-refractivity contribution in [2.75, 3.05) is 20.1 Å². The number of carbonyl (C=O) groups excluding carboxylic acids is 4. The Hall–Kier alpha value is -3.45. The van der Waals surface area contributed by atoms with Crippen molar-refractivity contribution in [3.8, 4) is 0 Å². The van der Waals surface area contributed by atoms with E-state index in [1.807, 2.05) is 42.5 Å². The van der Waals surface area contributed by atoms with E-state index >= 15 is 0 Å². The summed E-state index contributed by atoms with van der Waals surface area (Å²) in [6, 6.07) is 7.71. The number of nitrogens with one attached hydrogen (secondary N) is 3. The zero-order valence-electron chi connectivity index (χ0n) is 26.7. The van der Waals surface area contributed by atoms with Crippen molar-refractivity contribution in [3.63, 3.8) is 0 Å². The summed E-state index contributed by atoms with van der Waals surface area (Å²) in [6.07, 6.45) is 8.25. The van der Waals surface area contributed by atoms with Gasteiger partial charge in [0.15, 0.2) is 0 Å². The number of rotatable bonds is 7. The first-order valence-corrected chi connectivity index (χ1v) is 17.3. The van der Waals surface area contributed by atoms with E-state index in [0.29, 0.717) is 38.6 Å². The molecule has 4 amide bonds. The molecule has 3 aliphatic rings. The van der Waals surface area contributed by atoms with Crippen molar-refractivity contribution >= 4 is 34.0 Å². The topological polar surface area (TPSA) is 154 Å². The van der Waals surface area contributed by atoms with Gasteiger partial charge in [0.05, 0.1) is 0 Å². The van der Waals surface area contributed by atoms with E-state index in [-0.39, 0.29) is 24.8 Å². The monoisotopic (exact) mass is 645 g/mol. The van der Waals surface area contributed by atoms with E-state index in [1.165, 1.54) is 11.9 Å². The van der Waals surface area contributed by atoms with Crippen LogP contribution in [0.25, 0.3) is 0 Å². The largest absolute Gasteiger partial charge is 0.444 e. The summed E-state index contributed by atoms with van der Waals surface area (Å²) in [4.78, 5) is 55.2. The number of hydrogen-bond donors (Lipinski definition) is 3. The Labute approximate surface area is 266 Å². The van der Waals surface area contributed by atoms with Crippen LogP contribution in [0.3, 0.4) is 0 Å². The van der Waals surface area contributed by atoms with Gasteiger partial charge in [0.2, 0.25) is 11.8 Å². The number of ether oxygens (including phenoxy) is 1. The van der Waals surface area contributed by atoms with E-state index in [1.54, 1.807) is 20.8 Å². The van der Waals surface area contributed by atoms with Gasteiger partial charge in [0.1, 0.15) is 23.2 Å². The Kier molecular flexibility index (Phi) is 11.0. The van der Waals surface area contributed by atoms with Gasteiger partial charge in [-0.05, 0) is 71.3 Å². The van der Waals surface area contributed by atoms with Gasteiger partial charge in [0, 0.05) is 26.1 Å². The molecular weight excluding hydrogens is 598 g/mol. The van der Waals surface area contributed by atoms with Crippen molar-refractivity contribution in [1.29, 1.82) is 0 Å². The Morgan fingerprint density at radius 3 is 2.53 bits per heavy atom. The molecule has 0 aromatic heterocycles. The zero-order chi connectivity index (χ0) is 32.8. The second-order valence-corrected chi connectivity index (χ2v) is 15.0. The van der Waals surface area contributed by atoms with Gasteiger partial charge in [-0.25, -0.2) is 9.52 Å². The van der Waals surface area contributed by atoms with Crippen molar-refractivity contribution in [1.82, 2.24) is 24.6 Å². The summed E-state index contributed by atoms with van der Waals surface area (Å²) in [7, 11) is -2.79. The minimum atomic E-state index is -4.19. The molecule has 0 spiro atoms. The lowest BCUT2D eigenvalue weighted by molar-refractivity contribution is -0.141. The lowest BCUT2D eigenvalue weighted by atomic mass is 10.0. The van der Waals surface area contributed by atoms with Crippen molar-refractivity contribution < 1.29 is 32.3 Å². The van der Waals surface area contributed by atoms with Crippen LogP contribution in [0.4, 0.5) is 4.79 Å². The molecule has 1 aliphatic carbocycles. The molecule has 2 aliphatic heterocycles. The third-order valence-corrected chi connectivity index (χ3v) is 9.96. The molecule has 13 heteroatoms. The highest BCUT2D eigenvalue weighted by molar-refractivity contribution is 7.87. The fraction of sp³-hybridized carbons (Fsp3) is 0.625. The quantitative estimate of drug-likeness (QED) is 0.386. The Morgan fingerprint density at radius 2 is 1.82 bits per heavy atom. The summed E-state index contributed by atoms with van der Waals surface area (Å²) < 4.78 is 35.0. The van der Waals surface area contributed by atoms with Crippen LogP contribution in [0.1, 0.15) is 77.7 Å². The summed E-state index contributed by atoms with van der Waals surface area (Å²) in [5.74, 6) is -2.09. The average molecular weight is 646 g/mol. The maximum absolute atomic E-state index is 13.7. The third-order valence-electron chi connectivity index (χ3n) is 8.52. The highest BCUT2D eigenvalue weighted by Crippen LogP contribution is 2.45. The molecule has 1 unspecified atom stereocenters. The van der Waals surface area contributed by atoms with E-state index in [0.717, 1.165) is 29.1 Å². The van der Waals surface area contributed by atoms with E-state index in [2.05, 4.69) is 15.4 Å². The molecule has 4 atom stereocenters. The maximum Gasteiger partial charge on any atom is 0.408 e. The van der Waals surface area contributed by atoms with Crippen LogP contribution in [-0.4, -0.2) is 84.8 Å². The van der Waals surface area contributed by atoms with Crippen LogP contribution < -0.4 is 15.4 Å². The normalized spacial score (nSPS) is 26.2. The molecule has 0 bridgehead atoms. The molecule has 1 saturated carbocycles. The fourth-order valence-corrected chi connectivity index (χ4v) is 6.78. The van der Waals surface area contributed by atoms with Crippen LogP contribution in [-0.2, 0) is 35.8 Å². The second kappa shape index (κ2) is 14.3. The molecule has 0 radical (unpaired) electrons. The third kappa shape index (κ3) is 9.06. The number of allylic oxidation sites excluding steroid dienone is 1. The smallest absolute Gasteiger partial charge is 0.408 e. The predicted octanol–water partition coefficient (Wildman–Crippen LogP) is 2.80. The standard InChI is InChI=1S/C32H47N5O7S/c1-31(2,3)44-30(41)33-25-17-12-7-5-6-11-16-24-22-32(24,34-27(38)26-18-13-20-37(26)28(25)39)29(40)35-45(42,43)36(4)21-19-23-14-9-8-10-15-23/h8-11,14-16,24-26H,5-7,12-13,17-22H2,1-4H3,(H,33,41)(H,34,38)(H,35,40)/t24-,25+,26?,32-/m1/s1. The van der Waals surface area contributed by atoms with Crippen LogP contribution >= 0.6 is 0 Å². The first-order valence-electron chi connectivity index (χ1n) is 15.8. The molecule has 12 nitrogen and oxygen atoms in total. The first kappa shape index (κ1) is 34.4. The summed E-state index contributed by atoms with van der Waals surface area (Å²) in [6.45, 7) is 5.71. The van der Waals surface area contributed by atoms with Crippen LogP contribution in [0.2, 0.25) is 0 Å². The molecule has 248 valence electrons. The maximum atomic E-state index is 13.7. The van der Waals surface area contributed by atoms with Crippen molar-refractivity contribution in [2.24, 2.45) is 5.92 Å². The van der Waals surface area contributed by atoms with Gasteiger partial charge < -0.3 is 20.3 Å². The summed E-state index contributed by atoms with van der Waals surface area (Å²) in [5.41, 5.74) is -1.23. The number of fused-ring (bicyclic) bond motifs is 2. The highest BCUT2D eigenvalue weighted by atomic mass is 32.2. The number of nitrogens with zero attached hydrogens (tertiary/aromatic N) is 2. The average Bonchev–Trinajstić information content (AvgIpc) is 3.43. The number of likely N-dealkylation sites (N-methyl/N-ethyl adjacent to an activating group) is 1. The minimum absolute atomic E-state index is 0.160. The number of hydrogen-bond acceptors (Lipinski definition) is 7. The van der Waals surface area contributed by atoms with Gasteiger partial charge in [0.25, 0.3) is 5.91 Å². The van der Waals surface area contributed by atoms with E-state index < -0.39 is 51.3 Å². The number of carbonyl (C=O) groups is 4. The Bertz CT molecular complexity index is 1380. The molecular formula is C32H47N5O7S. The molecule has 1 aromatic carbocycles. The first-order chi connectivity index (χ1) is 21.2. The number of amides is 4. The molecule has 2 fully saturated rings. The number of alkyl carbamates (subject to hydrolysis) is 1. The second-order valence-electron chi connectivity index (χ2n) is 13.2. The highest BCUT2D eigenvalue weighted by Gasteiger charge is 2.61. The lowest BCUT2D eigenvalue weighted by Gasteiger charge is -2.30. The SMILES string of the molecule is CN(CCc1ccccc1)S(=O)(=O)NC(=O)[C@@]12C[C@H]1C=CCCCCC[C@H](NC(=O)OC(C)(C)C)C(=O)N1CCCC1C(=O)N2. The molecule has 3 N–H and O–H groups in total. The molecule has 2 heterocycles. The van der Waals surface area contributed by atoms with Crippen molar-refractivity contribution in [3.05, 3.63) is 48.0 Å². The van der Waals surface area contributed by atoms with Crippen LogP contribution in [0.15, 0.2) is 42.5 Å². The van der Waals surface area contributed by atoms with Crippen LogP contribution in [0, 0.1) is 5.92 Å². The fourth-order valence-electron chi connectivity index (χ4n) is 5.88. The van der Waals surface area contributed by atoms with Gasteiger partial charge in [-0.3, -0.25) is 14.4 Å². The van der Waals surface area contributed by atoms with Crippen molar-refractivity contribution in [2.45, 2.75) is 102 Å². The Morgan fingerprint density at radius 1 is 1.09 bits per heavy atom. The molecule has 45 heavy (non-hydrogen) atoms. The minimum Gasteiger partial charge on any atom is -0.444 e. The molecule has 4 rings (SSSR count).